The molecule has 0 aliphatic carbocycles. The molecule has 2 N–H and O–H groups in total. The normalized spacial score (nSPS) is 10.8. The van der Waals surface area contributed by atoms with Crippen molar-refractivity contribution in [2.24, 2.45) is 5.73 Å². The van der Waals surface area contributed by atoms with Gasteiger partial charge in [0, 0.05) is 11.5 Å². The average Bonchev–Trinajstić information content (AvgIpc) is 2.65. The second-order valence-corrected chi connectivity index (χ2v) is 6.50. The van der Waals surface area contributed by atoms with Crippen LogP contribution in [-0.4, -0.2) is 18.5 Å². The highest BCUT2D eigenvalue weighted by Crippen LogP contribution is 2.22. The van der Waals surface area contributed by atoms with Crippen molar-refractivity contribution in [2.75, 3.05) is 6.61 Å². The fourth-order valence-corrected chi connectivity index (χ4v) is 2.59. The molecule has 0 atom stereocenters. The van der Waals surface area contributed by atoms with E-state index in [4.69, 9.17) is 19.6 Å². The van der Waals surface area contributed by atoms with E-state index < -0.39 is 17.5 Å². The fourth-order valence-electron chi connectivity index (χ4n) is 2.59. The molecular formula is C21H19NO6. The molecule has 0 aliphatic rings. The number of nitrogens with two attached hydrogens (primary N) is 1. The van der Waals surface area contributed by atoms with Gasteiger partial charge in [0.25, 0.3) is 5.91 Å². The van der Waals surface area contributed by atoms with Crippen LogP contribution in [0.25, 0.3) is 11.0 Å². The van der Waals surface area contributed by atoms with E-state index in [9.17, 15) is 14.4 Å². The number of fused-ring (bicyclic) bond motifs is 1. The summed E-state index contributed by atoms with van der Waals surface area (Å²) in [6.07, 6.45) is 0. The Kier molecular flexibility index (Phi) is 5.44. The third-order valence-electron chi connectivity index (χ3n) is 4.09. The lowest BCUT2D eigenvalue weighted by Crippen LogP contribution is -2.20. The first kappa shape index (κ1) is 19.2. The van der Waals surface area contributed by atoms with Crippen LogP contribution >= 0.6 is 0 Å². The van der Waals surface area contributed by atoms with E-state index in [2.05, 4.69) is 13.8 Å². The van der Waals surface area contributed by atoms with Gasteiger partial charge in [0.2, 0.25) is 0 Å². The van der Waals surface area contributed by atoms with Gasteiger partial charge in [0.15, 0.2) is 6.61 Å². The Morgan fingerprint density at radius 3 is 2.57 bits per heavy atom. The third kappa shape index (κ3) is 4.37. The first-order chi connectivity index (χ1) is 13.3. The third-order valence-corrected chi connectivity index (χ3v) is 4.09. The molecule has 144 valence electrons. The van der Waals surface area contributed by atoms with Gasteiger partial charge in [-0.15, -0.1) is 0 Å². The molecule has 0 saturated heterocycles. The van der Waals surface area contributed by atoms with Crippen molar-refractivity contribution in [3.8, 4) is 11.5 Å². The van der Waals surface area contributed by atoms with Crippen LogP contribution < -0.4 is 20.8 Å². The number of hydrogen-bond acceptors (Lipinski definition) is 6. The van der Waals surface area contributed by atoms with E-state index in [1.165, 1.54) is 18.2 Å². The van der Waals surface area contributed by atoms with Crippen LogP contribution in [0.5, 0.6) is 11.5 Å². The van der Waals surface area contributed by atoms with Crippen LogP contribution in [0.4, 0.5) is 0 Å². The number of benzene rings is 2. The van der Waals surface area contributed by atoms with E-state index in [-0.39, 0.29) is 23.5 Å². The summed E-state index contributed by atoms with van der Waals surface area (Å²) in [5.74, 6) is -0.369. The van der Waals surface area contributed by atoms with Crippen molar-refractivity contribution in [3.05, 3.63) is 70.1 Å². The molecule has 0 bridgehead atoms. The average molecular weight is 381 g/mol. The Balaban J connectivity index is 1.69. The molecule has 0 fully saturated rings. The summed E-state index contributed by atoms with van der Waals surface area (Å²) in [6.45, 7) is 3.86. The monoisotopic (exact) mass is 381 g/mol. The molecule has 1 amide bonds. The van der Waals surface area contributed by atoms with Gasteiger partial charge in [0.05, 0.1) is 0 Å². The zero-order valence-corrected chi connectivity index (χ0v) is 15.4. The van der Waals surface area contributed by atoms with Crippen LogP contribution in [0.15, 0.2) is 57.7 Å². The highest BCUT2D eigenvalue weighted by Gasteiger charge is 2.12. The zero-order valence-electron chi connectivity index (χ0n) is 15.4. The molecule has 1 heterocycles. The smallest absolute Gasteiger partial charge is 0.349 e. The lowest BCUT2D eigenvalue weighted by molar-refractivity contribution is -0.136. The van der Waals surface area contributed by atoms with Crippen molar-refractivity contribution in [2.45, 2.75) is 19.8 Å². The number of rotatable bonds is 6. The molecule has 0 radical (unpaired) electrons. The molecule has 0 aliphatic heterocycles. The molecule has 7 nitrogen and oxygen atoms in total. The quantitative estimate of drug-likeness (QED) is 0.399. The summed E-state index contributed by atoms with van der Waals surface area (Å²) in [7, 11) is 0. The molecule has 1 aromatic heterocycles. The molecule has 7 heteroatoms. The molecule has 0 spiro atoms. The van der Waals surface area contributed by atoms with Crippen molar-refractivity contribution in [3.63, 3.8) is 0 Å². The van der Waals surface area contributed by atoms with Crippen LogP contribution in [0, 0.1) is 0 Å². The van der Waals surface area contributed by atoms with Crippen molar-refractivity contribution < 1.29 is 23.5 Å². The van der Waals surface area contributed by atoms with E-state index in [1.807, 2.05) is 18.2 Å². The van der Waals surface area contributed by atoms with Gasteiger partial charge >= 0.3 is 11.6 Å². The number of esters is 1. The lowest BCUT2D eigenvalue weighted by Gasteiger charge is -2.10. The Bertz CT molecular complexity index is 1100. The Morgan fingerprint density at radius 2 is 1.86 bits per heavy atom. The van der Waals surface area contributed by atoms with Gasteiger partial charge in [0.1, 0.15) is 22.6 Å². The van der Waals surface area contributed by atoms with Crippen LogP contribution in [0.1, 0.15) is 35.7 Å². The van der Waals surface area contributed by atoms with Crippen LogP contribution in [-0.2, 0) is 4.79 Å². The van der Waals surface area contributed by atoms with Gasteiger partial charge in [-0.25, -0.2) is 9.59 Å². The van der Waals surface area contributed by atoms with Crippen LogP contribution in [0.3, 0.4) is 0 Å². The minimum absolute atomic E-state index is 0.172. The molecule has 0 unspecified atom stereocenters. The zero-order chi connectivity index (χ0) is 20.3. The summed E-state index contributed by atoms with van der Waals surface area (Å²) in [6, 6.07) is 13.3. The maximum absolute atomic E-state index is 12.1. The van der Waals surface area contributed by atoms with Gasteiger partial charge < -0.3 is 19.6 Å². The molecule has 0 saturated carbocycles. The topological polar surface area (TPSA) is 109 Å². The van der Waals surface area contributed by atoms with Crippen molar-refractivity contribution >= 4 is 22.8 Å². The van der Waals surface area contributed by atoms with E-state index in [1.54, 1.807) is 12.1 Å². The highest BCUT2D eigenvalue weighted by molar-refractivity contribution is 5.95. The van der Waals surface area contributed by atoms with E-state index in [0.29, 0.717) is 17.1 Å². The standard InChI is InChI=1S/C21H19NO6/c1-12(2)13-4-3-5-15(8-13)26-11-19(23)27-16-7-6-14-9-17(20(22)24)21(25)28-18(14)10-16/h3-10,12H,11H2,1-2H3,(H2,22,24). The lowest BCUT2D eigenvalue weighted by atomic mass is 10.0. The van der Waals surface area contributed by atoms with Crippen LogP contribution in [0.2, 0.25) is 0 Å². The van der Waals surface area contributed by atoms with Crippen molar-refractivity contribution in [1.29, 1.82) is 0 Å². The fraction of sp³-hybridized carbons (Fsp3) is 0.190. The second kappa shape index (κ2) is 7.96. The number of amides is 1. The second-order valence-electron chi connectivity index (χ2n) is 6.50. The number of carbonyl (C=O) groups excluding carboxylic acids is 2. The predicted octanol–water partition coefficient (Wildman–Crippen LogP) is 3.00. The molecule has 2 aromatic carbocycles. The summed E-state index contributed by atoms with van der Waals surface area (Å²) < 4.78 is 15.8. The summed E-state index contributed by atoms with van der Waals surface area (Å²) in [4.78, 5) is 35.0. The first-order valence-corrected chi connectivity index (χ1v) is 8.64. The SMILES string of the molecule is CC(C)c1cccc(OCC(=O)Oc2ccc3cc(C(N)=O)c(=O)oc3c2)c1. The van der Waals surface area contributed by atoms with Gasteiger partial charge in [-0.05, 0) is 41.8 Å². The van der Waals surface area contributed by atoms with Gasteiger partial charge in [-0.1, -0.05) is 26.0 Å². The Labute approximate surface area is 160 Å². The first-order valence-electron chi connectivity index (χ1n) is 8.64. The van der Waals surface area contributed by atoms with E-state index in [0.717, 1.165) is 5.56 Å². The van der Waals surface area contributed by atoms with Crippen molar-refractivity contribution in [1.82, 2.24) is 0 Å². The Morgan fingerprint density at radius 1 is 1.07 bits per heavy atom. The Hall–Kier alpha value is -3.61. The number of carbonyl (C=O) groups is 2. The maximum Gasteiger partial charge on any atom is 0.349 e. The molecule has 3 rings (SSSR count). The molecule has 3 aromatic rings. The summed E-state index contributed by atoms with van der Waals surface area (Å²) >= 11 is 0. The maximum atomic E-state index is 12.1. The predicted molar refractivity (Wildman–Crippen MR) is 103 cm³/mol. The largest absolute Gasteiger partial charge is 0.482 e. The minimum Gasteiger partial charge on any atom is -0.482 e. The number of ether oxygens (including phenoxy) is 2. The summed E-state index contributed by atoms with van der Waals surface area (Å²) in [5, 5.41) is 0.481. The minimum atomic E-state index is -0.871. The summed E-state index contributed by atoms with van der Waals surface area (Å²) in [5.41, 5.74) is 5.31. The van der Waals surface area contributed by atoms with E-state index >= 15 is 0 Å². The number of hydrogen-bond donors (Lipinski definition) is 1. The molecule has 28 heavy (non-hydrogen) atoms. The van der Waals surface area contributed by atoms with Gasteiger partial charge in [-0.3, -0.25) is 4.79 Å². The number of primary amides is 1. The molecular weight excluding hydrogens is 362 g/mol. The highest BCUT2D eigenvalue weighted by atomic mass is 16.6. The van der Waals surface area contributed by atoms with Gasteiger partial charge in [-0.2, -0.15) is 0 Å².